The number of rotatable bonds is 5. The molecule has 1 aliphatic heterocycles. The van der Waals surface area contributed by atoms with Crippen molar-refractivity contribution < 1.29 is 10.1 Å². The van der Waals surface area contributed by atoms with Crippen LogP contribution in [0.25, 0.3) is 6.08 Å². The Hall–Kier alpha value is -2.85. The highest BCUT2D eigenvalue weighted by atomic mass is 17.1. The lowest BCUT2D eigenvalue weighted by molar-refractivity contribution is -0.186. The molecule has 25 heavy (non-hydrogen) atoms. The molecule has 0 fully saturated rings. The van der Waals surface area contributed by atoms with E-state index >= 15 is 0 Å². The molecule has 128 valence electrons. The summed E-state index contributed by atoms with van der Waals surface area (Å²) in [5.74, 6) is 0. The number of hydrogen-bond donors (Lipinski definition) is 1. The molecule has 1 heterocycles. The molecule has 2 aromatic carbocycles. The zero-order valence-corrected chi connectivity index (χ0v) is 14.7. The van der Waals surface area contributed by atoms with Gasteiger partial charge in [-0.1, -0.05) is 50.3 Å². The number of benzene rings is 2. The molecule has 3 rings (SSSR count). The number of anilines is 1. The highest BCUT2D eigenvalue weighted by molar-refractivity contribution is 6.10. The fraction of sp³-hybridized carbons (Fsp3) is 0.190. The summed E-state index contributed by atoms with van der Waals surface area (Å²) in [5, 5.41) is 8.35. The highest BCUT2D eigenvalue weighted by Crippen LogP contribution is 2.40. The Balaban J connectivity index is 1.76. The number of nitrogens with zero attached hydrogens (tertiary/aromatic N) is 2. The number of para-hydroxylation sites is 1. The number of allylic oxidation sites excluding steroid dienone is 1. The van der Waals surface area contributed by atoms with Gasteiger partial charge in [-0.25, -0.2) is 5.26 Å². The smallest absolute Gasteiger partial charge is 0.145 e. The van der Waals surface area contributed by atoms with Crippen molar-refractivity contribution >= 4 is 23.2 Å². The van der Waals surface area contributed by atoms with E-state index in [1.54, 1.807) is 6.20 Å². The Morgan fingerprint density at radius 1 is 1.04 bits per heavy atom. The van der Waals surface area contributed by atoms with Crippen LogP contribution in [-0.2, 0) is 10.3 Å². The lowest BCUT2D eigenvalue weighted by Crippen LogP contribution is -2.23. The molecule has 2 aromatic rings. The van der Waals surface area contributed by atoms with E-state index in [9.17, 15) is 0 Å². The van der Waals surface area contributed by atoms with E-state index in [-0.39, 0.29) is 5.41 Å². The average molecular weight is 334 g/mol. The molecule has 0 spiro atoms. The van der Waals surface area contributed by atoms with Crippen molar-refractivity contribution in [2.45, 2.75) is 19.3 Å². The first kappa shape index (κ1) is 17.0. The molecule has 4 heteroatoms. The van der Waals surface area contributed by atoms with Crippen LogP contribution < -0.4 is 4.90 Å². The van der Waals surface area contributed by atoms with Gasteiger partial charge in [0.25, 0.3) is 0 Å². The molecule has 1 aliphatic rings. The van der Waals surface area contributed by atoms with Crippen molar-refractivity contribution in [2.75, 3.05) is 11.9 Å². The van der Waals surface area contributed by atoms with Crippen molar-refractivity contribution in [1.82, 2.24) is 0 Å². The van der Waals surface area contributed by atoms with Crippen LogP contribution in [0.15, 0.2) is 72.1 Å². The first-order chi connectivity index (χ1) is 12.0. The molecular formula is C21H22N2O2. The predicted molar refractivity (Wildman–Crippen MR) is 103 cm³/mol. The maximum absolute atomic E-state index is 8.35. The molecule has 0 unspecified atom stereocenters. The summed E-state index contributed by atoms with van der Waals surface area (Å²) in [6, 6.07) is 16.4. The molecule has 4 nitrogen and oxygen atoms in total. The predicted octanol–water partition coefficient (Wildman–Crippen LogP) is 5.16. The summed E-state index contributed by atoms with van der Waals surface area (Å²) in [6.07, 6.45) is 7.03. The topological polar surface area (TPSA) is 45.1 Å². The average Bonchev–Trinajstić information content (AvgIpc) is 2.89. The Bertz CT molecular complexity index is 833. The number of aliphatic imine (C=N–C) groups is 1. The maximum atomic E-state index is 8.35. The summed E-state index contributed by atoms with van der Waals surface area (Å²) in [5.41, 5.74) is 5.41. The van der Waals surface area contributed by atoms with Crippen LogP contribution >= 0.6 is 0 Å². The minimum Gasteiger partial charge on any atom is -0.348 e. The Kier molecular flexibility index (Phi) is 4.72. The monoisotopic (exact) mass is 334 g/mol. The fourth-order valence-electron chi connectivity index (χ4n) is 2.95. The highest BCUT2D eigenvalue weighted by Gasteiger charge is 2.32. The van der Waals surface area contributed by atoms with Gasteiger partial charge in [0.15, 0.2) is 0 Å². The molecule has 0 atom stereocenters. The summed E-state index contributed by atoms with van der Waals surface area (Å²) >= 11 is 0. The Labute approximate surface area is 148 Å². The van der Waals surface area contributed by atoms with Crippen LogP contribution in [0.3, 0.4) is 0 Å². The molecule has 0 aromatic heterocycles. The maximum Gasteiger partial charge on any atom is 0.145 e. The third-order valence-electron chi connectivity index (χ3n) is 4.54. The minimum atomic E-state index is -0.0810. The van der Waals surface area contributed by atoms with Gasteiger partial charge in [0.2, 0.25) is 0 Å². The third-order valence-corrected chi connectivity index (χ3v) is 4.54. The molecule has 0 bridgehead atoms. The lowest BCUT2D eigenvalue weighted by atomic mass is 9.81. The SMILES string of the molecule is CN(C=COO)c1ccc(C=CC2=Nc3ccccc3C2(C)C)cc1. The fourth-order valence-corrected chi connectivity index (χ4v) is 2.95. The van der Waals surface area contributed by atoms with Crippen LogP contribution in [0.1, 0.15) is 25.0 Å². The van der Waals surface area contributed by atoms with E-state index < -0.39 is 0 Å². The second kappa shape index (κ2) is 6.95. The summed E-state index contributed by atoms with van der Waals surface area (Å²) in [7, 11) is 1.88. The summed E-state index contributed by atoms with van der Waals surface area (Å²) < 4.78 is 0. The van der Waals surface area contributed by atoms with E-state index in [1.165, 1.54) is 11.8 Å². The minimum absolute atomic E-state index is 0.0810. The second-order valence-corrected chi connectivity index (χ2v) is 6.57. The van der Waals surface area contributed by atoms with E-state index in [0.717, 1.165) is 22.6 Å². The first-order valence-electron chi connectivity index (χ1n) is 8.19. The quantitative estimate of drug-likeness (QED) is 0.466. The van der Waals surface area contributed by atoms with Gasteiger partial charge in [-0.05, 0) is 35.4 Å². The van der Waals surface area contributed by atoms with Crippen molar-refractivity contribution in [3.05, 3.63) is 78.2 Å². The third kappa shape index (κ3) is 3.49. The molecular weight excluding hydrogens is 312 g/mol. The van der Waals surface area contributed by atoms with Gasteiger partial charge < -0.3 is 9.79 Å². The van der Waals surface area contributed by atoms with Crippen molar-refractivity contribution in [3.8, 4) is 0 Å². The number of fused-ring (bicyclic) bond motifs is 1. The summed E-state index contributed by atoms with van der Waals surface area (Å²) in [6.45, 7) is 4.41. The van der Waals surface area contributed by atoms with E-state index in [4.69, 9.17) is 10.2 Å². The van der Waals surface area contributed by atoms with Gasteiger partial charge in [-0.15, -0.1) is 0 Å². The van der Waals surface area contributed by atoms with E-state index in [2.05, 4.69) is 49.1 Å². The van der Waals surface area contributed by atoms with E-state index in [0.29, 0.717) is 0 Å². The zero-order chi connectivity index (χ0) is 17.9. The van der Waals surface area contributed by atoms with Gasteiger partial charge in [0, 0.05) is 24.4 Å². The first-order valence-corrected chi connectivity index (χ1v) is 8.19. The van der Waals surface area contributed by atoms with Crippen molar-refractivity contribution in [2.24, 2.45) is 4.99 Å². The van der Waals surface area contributed by atoms with Gasteiger partial charge >= 0.3 is 0 Å². The van der Waals surface area contributed by atoms with Crippen LogP contribution in [-0.4, -0.2) is 18.0 Å². The standard InChI is InChI=1S/C21H22N2O2/c1-21(2)18-6-4-5-7-19(18)22-20(21)13-10-16-8-11-17(12-9-16)23(3)14-15-25-24/h4-15,24H,1-3H3. The molecule has 0 amide bonds. The molecule has 0 aliphatic carbocycles. The van der Waals surface area contributed by atoms with Crippen LogP contribution in [0.5, 0.6) is 0 Å². The van der Waals surface area contributed by atoms with Gasteiger partial charge in [0.05, 0.1) is 11.4 Å². The largest absolute Gasteiger partial charge is 0.348 e. The number of hydrogen-bond acceptors (Lipinski definition) is 4. The van der Waals surface area contributed by atoms with Crippen molar-refractivity contribution in [3.63, 3.8) is 0 Å². The van der Waals surface area contributed by atoms with Crippen LogP contribution in [0.2, 0.25) is 0 Å². The van der Waals surface area contributed by atoms with Gasteiger partial charge in [0.1, 0.15) is 6.26 Å². The van der Waals surface area contributed by atoms with Crippen LogP contribution in [0.4, 0.5) is 11.4 Å². The lowest BCUT2D eigenvalue weighted by Gasteiger charge is -2.20. The molecule has 1 N–H and O–H groups in total. The molecule has 0 saturated carbocycles. The Morgan fingerprint density at radius 2 is 1.76 bits per heavy atom. The molecule has 0 saturated heterocycles. The van der Waals surface area contributed by atoms with E-state index in [1.807, 2.05) is 42.3 Å². The second-order valence-electron chi connectivity index (χ2n) is 6.57. The van der Waals surface area contributed by atoms with Gasteiger partial charge in [-0.3, -0.25) is 4.99 Å². The Morgan fingerprint density at radius 3 is 2.44 bits per heavy atom. The van der Waals surface area contributed by atoms with Crippen molar-refractivity contribution in [1.29, 1.82) is 0 Å². The normalized spacial score (nSPS) is 15.4. The van der Waals surface area contributed by atoms with Gasteiger partial charge in [-0.2, -0.15) is 0 Å². The summed E-state index contributed by atoms with van der Waals surface area (Å²) in [4.78, 5) is 10.6. The zero-order valence-electron chi connectivity index (χ0n) is 14.7. The van der Waals surface area contributed by atoms with Crippen LogP contribution in [0, 0.1) is 0 Å². The molecule has 0 radical (unpaired) electrons.